The zero-order valence-electron chi connectivity index (χ0n) is 10.1. The molecule has 0 aromatic heterocycles. The molecule has 5 heteroatoms. The number of hydrogen-bond acceptors (Lipinski definition) is 2. The summed E-state index contributed by atoms with van der Waals surface area (Å²) in [7, 11) is 0. The minimum Gasteiger partial charge on any atom is -0.307 e. The molecule has 1 saturated carbocycles. The third kappa shape index (κ3) is 3.85. The SMILES string of the molecule is FC(F)(F)CNCCN1CCCC2CCCC21. The Morgan fingerprint density at radius 1 is 1.12 bits per heavy atom. The first-order chi connectivity index (χ1) is 8.06. The van der Waals surface area contributed by atoms with Gasteiger partial charge in [0.15, 0.2) is 0 Å². The minimum atomic E-state index is -4.09. The maximum atomic E-state index is 12.0. The second-order valence-corrected chi connectivity index (χ2v) is 5.23. The number of fused-ring (bicyclic) bond motifs is 1. The molecule has 0 radical (unpaired) electrons. The van der Waals surface area contributed by atoms with Crippen LogP contribution in [0.4, 0.5) is 13.2 Å². The molecule has 2 rings (SSSR count). The van der Waals surface area contributed by atoms with Gasteiger partial charge in [-0.05, 0) is 38.1 Å². The lowest BCUT2D eigenvalue weighted by Crippen LogP contribution is -2.46. The Labute approximate surface area is 101 Å². The largest absolute Gasteiger partial charge is 0.401 e. The number of nitrogens with zero attached hydrogens (tertiary/aromatic N) is 1. The monoisotopic (exact) mass is 250 g/mol. The van der Waals surface area contributed by atoms with Crippen LogP contribution in [0.2, 0.25) is 0 Å². The Morgan fingerprint density at radius 3 is 2.65 bits per heavy atom. The van der Waals surface area contributed by atoms with Gasteiger partial charge in [-0.3, -0.25) is 4.90 Å². The Balaban J connectivity index is 1.68. The summed E-state index contributed by atoms with van der Waals surface area (Å²) < 4.78 is 35.9. The molecule has 2 atom stereocenters. The van der Waals surface area contributed by atoms with Crippen molar-refractivity contribution in [2.45, 2.75) is 44.3 Å². The van der Waals surface area contributed by atoms with E-state index in [9.17, 15) is 13.2 Å². The molecular weight excluding hydrogens is 229 g/mol. The summed E-state index contributed by atoms with van der Waals surface area (Å²) in [6, 6.07) is 0.649. The van der Waals surface area contributed by atoms with Gasteiger partial charge >= 0.3 is 6.18 Å². The summed E-state index contributed by atoms with van der Waals surface area (Å²) in [5.41, 5.74) is 0. The van der Waals surface area contributed by atoms with Crippen LogP contribution < -0.4 is 5.32 Å². The molecule has 1 aliphatic heterocycles. The molecule has 1 aliphatic carbocycles. The summed E-state index contributed by atoms with van der Waals surface area (Å²) in [5.74, 6) is 0.811. The fraction of sp³-hybridized carbons (Fsp3) is 1.00. The highest BCUT2D eigenvalue weighted by molar-refractivity contribution is 4.89. The van der Waals surface area contributed by atoms with Crippen LogP contribution in [0.15, 0.2) is 0 Å². The lowest BCUT2D eigenvalue weighted by Gasteiger charge is -2.37. The van der Waals surface area contributed by atoms with Gasteiger partial charge in [0.1, 0.15) is 0 Å². The smallest absolute Gasteiger partial charge is 0.307 e. The van der Waals surface area contributed by atoms with Crippen LogP contribution in [-0.2, 0) is 0 Å². The molecule has 0 amide bonds. The highest BCUT2D eigenvalue weighted by atomic mass is 19.4. The number of hydrogen-bond donors (Lipinski definition) is 1. The van der Waals surface area contributed by atoms with Gasteiger partial charge in [0.25, 0.3) is 0 Å². The second-order valence-electron chi connectivity index (χ2n) is 5.23. The van der Waals surface area contributed by atoms with Crippen molar-refractivity contribution in [1.29, 1.82) is 0 Å². The normalized spacial score (nSPS) is 30.5. The number of alkyl halides is 3. The van der Waals surface area contributed by atoms with Gasteiger partial charge in [0.2, 0.25) is 0 Å². The number of likely N-dealkylation sites (tertiary alicyclic amines) is 1. The number of nitrogens with one attached hydrogen (secondary N) is 1. The van der Waals surface area contributed by atoms with Crippen molar-refractivity contribution in [2.24, 2.45) is 5.92 Å². The maximum absolute atomic E-state index is 12.0. The van der Waals surface area contributed by atoms with Crippen LogP contribution in [-0.4, -0.2) is 43.3 Å². The first-order valence-corrected chi connectivity index (χ1v) is 6.58. The molecule has 2 fully saturated rings. The topological polar surface area (TPSA) is 15.3 Å². The molecule has 1 saturated heterocycles. The molecule has 100 valence electrons. The summed E-state index contributed by atoms with van der Waals surface area (Å²) >= 11 is 0. The van der Waals surface area contributed by atoms with E-state index in [1.54, 1.807) is 0 Å². The molecule has 1 heterocycles. The van der Waals surface area contributed by atoms with Crippen LogP contribution in [0.25, 0.3) is 0 Å². The number of halogens is 3. The zero-order chi connectivity index (χ0) is 12.3. The molecule has 17 heavy (non-hydrogen) atoms. The molecular formula is C12H21F3N2. The third-order valence-corrected chi connectivity index (χ3v) is 4.01. The maximum Gasteiger partial charge on any atom is 0.401 e. The Kier molecular flexibility index (Phi) is 4.31. The molecule has 1 N–H and O–H groups in total. The molecule has 2 unspecified atom stereocenters. The third-order valence-electron chi connectivity index (χ3n) is 4.01. The van der Waals surface area contributed by atoms with Crippen molar-refractivity contribution in [3.63, 3.8) is 0 Å². The summed E-state index contributed by atoms with van der Waals surface area (Å²) in [4.78, 5) is 2.39. The lowest BCUT2D eigenvalue weighted by molar-refractivity contribution is -0.124. The van der Waals surface area contributed by atoms with Crippen LogP contribution in [0.5, 0.6) is 0 Å². The summed E-state index contributed by atoms with van der Waals surface area (Å²) in [6.45, 7) is 1.41. The van der Waals surface area contributed by atoms with E-state index in [0.717, 1.165) is 19.0 Å². The van der Waals surface area contributed by atoms with Gasteiger partial charge in [-0.1, -0.05) is 6.42 Å². The molecule has 0 aromatic carbocycles. The van der Waals surface area contributed by atoms with E-state index in [0.29, 0.717) is 12.6 Å². The van der Waals surface area contributed by atoms with E-state index in [1.165, 1.54) is 32.1 Å². The number of piperidine rings is 1. The van der Waals surface area contributed by atoms with Crippen molar-refractivity contribution in [3.05, 3.63) is 0 Å². The van der Waals surface area contributed by atoms with Gasteiger partial charge in [-0.2, -0.15) is 13.2 Å². The highest BCUT2D eigenvalue weighted by Crippen LogP contribution is 2.36. The first-order valence-electron chi connectivity index (χ1n) is 6.58. The van der Waals surface area contributed by atoms with E-state index < -0.39 is 12.7 Å². The Hall–Kier alpha value is -0.290. The predicted molar refractivity (Wildman–Crippen MR) is 60.9 cm³/mol. The molecule has 2 aliphatic rings. The van der Waals surface area contributed by atoms with Crippen LogP contribution >= 0.6 is 0 Å². The fourth-order valence-electron chi connectivity index (χ4n) is 3.29. The van der Waals surface area contributed by atoms with E-state index in [1.807, 2.05) is 0 Å². The highest BCUT2D eigenvalue weighted by Gasteiger charge is 2.34. The Morgan fingerprint density at radius 2 is 1.88 bits per heavy atom. The van der Waals surface area contributed by atoms with Gasteiger partial charge in [0, 0.05) is 19.1 Å². The van der Waals surface area contributed by atoms with E-state index >= 15 is 0 Å². The van der Waals surface area contributed by atoms with Crippen LogP contribution in [0, 0.1) is 5.92 Å². The lowest BCUT2D eigenvalue weighted by atomic mass is 9.92. The standard InChI is InChI=1S/C12H21F3N2/c13-12(14,15)9-16-6-8-17-7-2-4-10-3-1-5-11(10)17/h10-11,16H,1-9H2. The van der Waals surface area contributed by atoms with Crippen molar-refractivity contribution in [3.8, 4) is 0 Å². The van der Waals surface area contributed by atoms with Crippen LogP contribution in [0.3, 0.4) is 0 Å². The zero-order valence-corrected chi connectivity index (χ0v) is 10.1. The average Bonchev–Trinajstić information content (AvgIpc) is 2.71. The minimum absolute atomic E-state index is 0.447. The summed E-state index contributed by atoms with van der Waals surface area (Å²) in [6.07, 6.45) is 2.29. The van der Waals surface area contributed by atoms with Crippen molar-refractivity contribution in [2.75, 3.05) is 26.2 Å². The molecule has 0 aromatic rings. The fourth-order valence-corrected chi connectivity index (χ4v) is 3.29. The van der Waals surface area contributed by atoms with Gasteiger partial charge < -0.3 is 5.32 Å². The van der Waals surface area contributed by atoms with Gasteiger partial charge in [-0.25, -0.2) is 0 Å². The van der Waals surface area contributed by atoms with Gasteiger partial charge in [0.05, 0.1) is 6.54 Å². The van der Waals surface area contributed by atoms with Crippen molar-refractivity contribution < 1.29 is 13.2 Å². The van der Waals surface area contributed by atoms with Crippen molar-refractivity contribution in [1.82, 2.24) is 10.2 Å². The number of rotatable bonds is 4. The summed E-state index contributed by atoms with van der Waals surface area (Å²) in [5, 5.41) is 2.49. The average molecular weight is 250 g/mol. The molecule has 0 spiro atoms. The van der Waals surface area contributed by atoms with E-state index in [4.69, 9.17) is 0 Å². The van der Waals surface area contributed by atoms with Crippen molar-refractivity contribution >= 4 is 0 Å². The van der Waals surface area contributed by atoms with E-state index in [2.05, 4.69) is 10.2 Å². The second kappa shape index (κ2) is 5.57. The van der Waals surface area contributed by atoms with Crippen LogP contribution in [0.1, 0.15) is 32.1 Å². The van der Waals surface area contributed by atoms with Gasteiger partial charge in [-0.15, -0.1) is 0 Å². The Bertz CT molecular complexity index is 242. The van der Waals surface area contributed by atoms with E-state index in [-0.39, 0.29) is 0 Å². The quantitative estimate of drug-likeness (QED) is 0.771. The molecule has 0 bridgehead atoms. The predicted octanol–water partition coefficient (Wildman–Crippen LogP) is 2.40. The molecule has 2 nitrogen and oxygen atoms in total. The first kappa shape index (κ1) is 13.1.